The normalized spacial score (nSPS) is 20.3. The number of imidazole rings is 1. The molecule has 1 aliphatic heterocycles. The van der Waals surface area contributed by atoms with E-state index in [0.29, 0.717) is 25.5 Å². The van der Waals surface area contributed by atoms with Crippen LogP contribution >= 0.6 is 0 Å². The molecule has 2 aliphatic rings. The van der Waals surface area contributed by atoms with Crippen molar-refractivity contribution in [1.29, 1.82) is 0 Å². The lowest BCUT2D eigenvalue weighted by atomic mass is 10.1. The van der Waals surface area contributed by atoms with Crippen molar-refractivity contribution < 1.29 is 9.53 Å². The van der Waals surface area contributed by atoms with Gasteiger partial charge in [0.25, 0.3) is 0 Å². The van der Waals surface area contributed by atoms with E-state index in [0.717, 1.165) is 24.7 Å². The molecule has 0 unspecified atom stereocenters. The van der Waals surface area contributed by atoms with Gasteiger partial charge in [0, 0.05) is 44.0 Å². The van der Waals surface area contributed by atoms with Crippen LogP contribution in [0.4, 0.5) is 0 Å². The van der Waals surface area contributed by atoms with Gasteiger partial charge in [0.05, 0.1) is 19.3 Å². The minimum absolute atomic E-state index is 0.240. The molecule has 126 valence electrons. The van der Waals surface area contributed by atoms with Crippen molar-refractivity contribution in [3.8, 4) is 5.75 Å². The number of ether oxygens (including phenoxy) is 1. The Morgan fingerprint density at radius 3 is 2.96 bits per heavy atom. The Bertz CT molecular complexity index is 696. The molecule has 6 nitrogen and oxygen atoms in total. The topological polar surface area (TPSA) is 60.2 Å². The van der Waals surface area contributed by atoms with Crippen LogP contribution in [-0.2, 0) is 17.9 Å². The number of aromatic nitrogens is 3. The summed E-state index contributed by atoms with van der Waals surface area (Å²) >= 11 is 0. The molecule has 3 heterocycles. The maximum atomic E-state index is 12.6. The molecule has 4 rings (SSSR count). The first-order valence-electron chi connectivity index (χ1n) is 8.58. The Balaban J connectivity index is 1.45. The van der Waals surface area contributed by atoms with E-state index >= 15 is 0 Å². The Morgan fingerprint density at radius 1 is 1.25 bits per heavy atom. The highest BCUT2D eigenvalue weighted by Crippen LogP contribution is 2.33. The maximum absolute atomic E-state index is 12.6. The summed E-state index contributed by atoms with van der Waals surface area (Å²) in [6.45, 7) is 2.70. The Hall–Kier alpha value is -2.37. The van der Waals surface area contributed by atoms with Crippen LogP contribution < -0.4 is 4.74 Å². The van der Waals surface area contributed by atoms with E-state index in [1.54, 1.807) is 12.4 Å². The molecular weight excluding hydrogens is 304 g/mol. The van der Waals surface area contributed by atoms with Gasteiger partial charge in [-0.2, -0.15) is 0 Å². The number of nitrogens with zero attached hydrogens (tertiary/aromatic N) is 4. The molecule has 1 atom stereocenters. The van der Waals surface area contributed by atoms with Gasteiger partial charge in [0.1, 0.15) is 11.6 Å². The third-order valence-corrected chi connectivity index (χ3v) is 4.70. The first kappa shape index (κ1) is 15.2. The fourth-order valence-corrected chi connectivity index (χ4v) is 3.18. The molecule has 0 spiro atoms. The summed E-state index contributed by atoms with van der Waals surface area (Å²) in [6.07, 6.45) is 10.3. The van der Waals surface area contributed by atoms with E-state index in [-0.39, 0.29) is 11.8 Å². The van der Waals surface area contributed by atoms with Crippen molar-refractivity contribution in [2.45, 2.75) is 32.4 Å². The zero-order valence-electron chi connectivity index (χ0n) is 13.7. The Kier molecular flexibility index (Phi) is 4.19. The van der Waals surface area contributed by atoms with Crippen LogP contribution in [0.5, 0.6) is 5.75 Å². The van der Waals surface area contributed by atoms with Crippen LogP contribution in [0, 0.1) is 11.8 Å². The predicted octanol–water partition coefficient (Wildman–Crippen LogP) is 2.12. The fraction of sp³-hybridized carbons (Fsp3) is 0.500. The fourth-order valence-electron chi connectivity index (χ4n) is 3.18. The van der Waals surface area contributed by atoms with Crippen LogP contribution in [0.25, 0.3) is 0 Å². The highest BCUT2D eigenvalue weighted by molar-refractivity contribution is 5.76. The third-order valence-electron chi connectivity index (χ3n) is 4.70. The summed E-state index contributed by atoms with van der Waals surface area (Å²) < 4.78 is 8.02. The monoisotopic (exact) mass is 326 g/mol. The summed E-state index contributed by atoms with van der Waals surface area (Å²) in [6, 6.07) is 3.77. The van der Waals surface area contributed by atoms with Crippen molar-refractivity contribution in [3.63, 3.8) is 0 Å². The lowest BCUT2D eigenvalue weighted by Crippen LogP contribution is -2.36. The summed E-state index contributed by atoms with van der Waals surface area (Å²) in [4.78, 5) is 23.0. The SMILES string of the molecule is O=C(CC1CC1)N1Cc2nccn2C[C@H](COc2cccnc2)C1. The van der Waals surface area contributed by atoms with Crippen molar-refractivity contribution in [1.82, 2.24) is 19.4 Å². The molecule has 0 radical (unpaired) electrons. The van der Waals surface area contributed by atoms with Crippen LogP contribution in [-0.4, -0.2) is 38.5 Å². The molecule has 0 saturated heterocycles. The second kappa shape index (κ2) is 6.63. The van der Waals surface area contributed by atoms with Crippen LogP contribution in [0.3, 0.4) is 0 Å². The summed E-state index contributed by atoms with van der Waals surface area (Å²) in [7, 11) is 0. The van der Waals surface area contributed by atoms with E-state index in [2.05, 4.69) is 14.5 Å². The first-order valence-corrected chi connectivity index (χ1v) is 8.58. The minimum atomic E-state index is 0.240. The number of carbonyl (C=O) groups is 1. The number of hydrogen-bond acceptors (Lipinski definition) is 4. The molecule has 1 aliphatic carbocycles. The molecule has 24 heavy (non-hydrogen) atoms. The number of rotatable bonds is 5. The van der Waals surface area contributed by atoms with Crippen LogP contribution in [0.15, 0.2) is 36.9 Å². The first-order chi connectivity index (χ1) is 11.8. The molecule has 0 N–H and O–H groups in total. The van der Waals surface area contributed by atoms with Crippen LogP contribution in [0.2, 0.25) is 0 Å². The smallest absolute Gasteiger partial charge is 0.223 e. The molecule has 1 fully saturated rings. The van der Waals surface area contributed by atoms with Gasteiger partial charge in [0.2, 0.25) is 5.91 Å². The molecule has 1 amide bonds. The lowest BCUT2D eigenvalue weighted by molar-refractivity contribution is -0.132. The van der Waals surface area contributed by atoms with Crippen molar-refractivity contribution in [3.05, 3.63) is 42.7 Å². The summed E-state index contributed by atoms with van der Waals surface area (Å²) in [5.74, 6) is 2.82. The Morgan fingerprint density at radius 2 is 2.17 bits per heavy atom. The molecule has 0 aromatic carbocycles. The predicted molar refractivity (Wildman–Crippen MR) is 88.2 cm³/mol. The van der Waals surface area contributed by atoms with Gasteiger partial charge in [-0.05, 0) is 30.9 Å². The highest BCUT2D eigenvalue weighted by Gasteiger charge is 2.30. The quantitative estimate of drug-likeness (QED) is 0.844. The molecule has 2 aromatic rings. The number of hydrogen-bond donors (Lipinski definition) is 0. The number of fused-ring (bicyclic) bond motifs is 1. The minimum Gasteiger partial charge on any atom is -0.492 e. The van der Waals surface area contributed by atoms with Crippen molar-refractivity contribution >= 4 is 5.91 Å². The van der Waals surface area contributed by atoms with E-state index in [1.807, 2.05) is 29.4 Å². The lowest BCUT2D eigenvalue weighted by Gasteiger charge is -2.24. The van der Waals surface area contributed by atoms with Gasteiger partial charge in [-0.25, -0.2) is 4.98 Å². The van der Waals surface area contributed by atoms with E-state index < -0.39 is 0 Å². The van der Waals surface area contributed by atoms with Gasteiger partial charge in [0.15, 0.2) is 0 Å². The van der Waals surface area contributed by atoms with Gasteiger partial charge in [-0.15, -0.1) is 0 Å². The average molecular weight is 326 g/mol. The second-order valence-corrected chi connectivity index (χ2v) is 6.78. The van der Waals surface area contributed by atoms with Crippen LogP contribution in [0.1, 0.15) is 25.1 Å². The molecule has 6 heteroatoms. The molecule has 1 saturated carbocycles. The van der Waals surface area contributed by atoms with E-state index in [1.165, 1.54) is 12.8 Å². The summed E-state index contributed by atoms with van der Waals surface area (Å²) in [5, 5.41) is 0. The number of pyridine rings is 1. The summed E-state index contributed by atoms with van der Waals surface area (Å²) in [5.41, 5.74) is 0. The highest BCUT2D eigenvalue weighted by atomic mass is 16.5. The zero-order valence-corrected chi connectivity index (χ0v) is 13.7. The standard InChI is InChI=1S/C18H22N4O2/c23-18(8-14-3-4-14)22-11-15(10-21-7-6-20-17(21)12-22)13-24-16-2-1-5-19-9-16/h1-2,5-7,9,14-15H,3-4,8,10-13H2/t15-/m0/s1. The molecular formula is C18H22N4O2. The molecule has 2 aromatic heterocycles. The maximum Gasteiger partial charge on any atom is 0.223 e. The van der Waals surface area contributed by atoms with Gasteiger partial charge < -0.3 is 14.2 Å². The largest absolute Gasteiger partial charge is 0.492 e. The molecule has 0 bridgehead atoms. The van der Waals surface area contributed by atoms with Crippen molar-refractivity contribution in [2.24, 2.45) is 11.8 Å². The third kappa shape index (κ3) is 3.58. The van der Waals surface area contributed by atoms with E-state index in [9.17, 15) is 4.79 Å². The van der Waals surface area contributed by atoms with Gasteiger partial charge >= 0.3 is 0 Å². The number of carbonyl (C=O) groups excluding carboxylic acids is 1. The number of amides is 1. The Labute approximate surface area is 141 Å². The van der Waals surface area contributed by atoms with Crippen molar-refractivity contribution in [2.75, 3.05) is 13.2 Å². The van der Waals surface area contributed by atoms with E-state index in [4.69, 9.17) is 4.74 Å². The zero-order chi connectivity index (χ0) is 16.4. The average Bonchev–Trinajstić information content (AvgIpc) is 3.35. The second-order valence-electron chi connectivity index (χ2n) is 6.78. The van der Waals surface area contributed by atoms with Gasteiger partial charge in [-0.1, -0.05) is 0 Å². The van der Waals surface area contributed by atoms with Gasteiger partial charge in [-0.3, -0.25) is 9.78 Å².